The van der Waals surface area contributed by atoms with Gasteiger partial charge in [-0.05, 0) is 48.4 Å². The highest BCUT2D eigenvalue weighted by molar-refractivity contribution is 7.09. The van der Waals surface area contributed by atoms with Gasteiger partial charge in [0.25, 0.3) is 5.91 Å². The van der Waals surface area contributed by atoms with E-state index in [1.165, 1.54) is 11.1 Å². The second kappa shape index (κ2) is 9.30. The molecule has 3 heterocycles. The van der Waals surface area contributed by atoms with Gasteiger partial charge >= 0.3 is 0 Å². The Morgan fingerprint density at radius 2 is 1.74 bits per heavy atom. The number of benzene rings is 2. The van der Waals surface area contributed by atoms with E-state index in [0.29, 0.717) is 18.0 Å². The normalized spacial score (nSPS) is 16.5. The van der Waals surface area contributed by atoms with Gasteiger partial charge in [-0.3, -0.25) is 9.59 Å². The van der Waals surface area contributed by atoms with Gasteiger partial charge in [-0.15, -0.1) is 11.3 Å². The Bertz CT molecular complexity index is 1360. The lowest BCUT2D eigenvalue weighted by Gasteiger charge is -2.31. The first-order valence-electron chi connectivity index (χ1n) is 12.3. The van der Waals surface area contributed by atoms with Crippen molar-refractivity contribution in [3.63, 3.8) is 0 Å². The molecule has 2 aliphatic rings. The second-order valence-corrected chi connectivity index (χ2v) is 10.5. The minimum Gasteiger partial charge on any atom is -0.361 e. The number of para-hydroxylation sites is 1. The van der Waals surface area contributed by atoms with Gasteiger partial charge in [-0.25, -0.2) is 4.98 Å². The topological polar surface area (TPSA) is 78.1 Å². The number of carbonyl (C=O) groups excluding carboxylic acids is 2. The number of amides is 2. The highest BCUT2D eigenvalue weighted by Crippen LogP contribution is 2.31. The predicted molar refractivity (Wildman–Crippen MR) is 138 cm³/mol. The highest BCUT2D eigenvalue weighted by Gasteiger charge is 2.28. The van der Waals surface area contributed by atoms with Crippen LogP contribution < -0.4 is 5.32 Å². The zero-order valence-electron chi connectivity index (χ0n) is 19.5. The van der Waals surface area contributed by atoms with Gasteiger partial charge in [-0.2, -0.15) is 0 Å². The molecule has 1 saturated heterocycles. The van der Waals surface area contributed by atoms with Crippen LogP contribution in [0.1, 0.15) is 50.9 Å². The third-order valence-electron chi connectivity index (χ3n) is 7.35. The summed E-state index contributed by atoms with van der Waals surface area (Å²) >= 11 is 1.56. The summed E-state index contributed by atoms with van der Waals surface area (Å²) in [7, 11) is 0. The van der Waals surface area contributed by atoms with Crippen LogP contribution in [0.25, 0.3) is 10.9 Å². The van der Waals surface area contributed by atoms with Gasteiger partial charge in [0.1, 0.15) is 5.69 Å². The van der Waals surface area contributed by atoms with Crippen LogP contribution in [0.15, 0.2) is 60.1 Å². The maximum atomic E-state index is 12.9. The minimum atomic E-state index is -0.0864. The Labute approximate surface area is 208 Å². The van der Waals surface area contributed by atoms with E-state index in [1.807, 2.05) is 34.7 Å². The summed E-state index contributed by atoms with van der Waals surface area (Å²) in [5, 5.41) is 7.16. The molecule has 0 spiro atoms. The Morgan fingerprint density at radius 1 is 1.03 bits per heavy atom. The molecule has 1 aliphatic carbocycles. The van der Waals surface area contributed by atoms with Crippen LogP contribution >= 0.6 is 11.3 Å². The quantitative estimate of drug-likeness (QED) is 0.439. The summed E-state index contributed by atoms with van der Waals surface area (Å²) in [5.41, 5.74) is 5.27. The van der Waals surface area contributed by atoms with Gasteiger partial charge in [0.15, 0.2) is 0 Å². The number of likely N-dealkylation sites (tertiary alicyclic amines) is 1. The van der Waals surface area contributed by atoms with Gasteiger partial charge in [-0.1, -0.05) is 42.5 Å². The lowest BCUT2D eigenvalue weighted by Crippen LogP contribution is -2.38. The molecule has 0 bridgehead atoms. The van der Waals surface area contributed by atoms with E-state index in [4.69, 9.17) is 0 Å². The van der Waals surface area contributed by atoms with E-state index in [-0.39, 0.29) is 17.9 Å². The molecule has 4 aromatic rings. The maximum absolute atomic E-state index is 12.9. The molecule has 7 heteroatoms. The lowest BCUT2D eigenvalue weighted by atomic mass is 9.97. The molecule has 2 aromatic heterocycles. The van der Waals surface area contributed by atoms with E-state index in [1.54, 1.807) is 11.3 Å². The average molecular weight is 485 g/mol. The summed E-state index contributed by atoms with van der Waals surface area (Å²) in [6.07, 6.45) is 5.88. The van der Waals surface area contributed by atoms with Crippen LogP contribution in [0.4, 0.5) is 0 Å². The number of rotatable bonds is 5. The van der Waals surface area contributed by atoms with Crippen LogP contribution in [0.5, 0.6) is 0 Å². The van der Waals surface area contributed by atoms with Crippen molar-refractivity contribution in [2.45, 2.75) is 44.1 Å². The molecule has 0 saturated carbocycles. The fourth-order valence-electron chi connectivity index (χ4n) is 5.43. The van der Waals surface area contributed by atoms with Gasteiger partial charge in [0.2, 0.25) is 5.91 Å². The molecule has 0 atom stereocenters. The lowest BCUT2D eigenvalue weighted by molar-refractivity contribution is -0.131. The van der Waals surface area contributed by atoms with Crippen molar-refractivity contribution in [2.24, 2.45) is 0 Å². The molecular weight excluding hydrogens is 456 g/mol. The molecule has 2 aromatic carbocycles. The Hall–Kier alpha value is -3.45. The molecule has 2 amide bonds. The number of nitrogens with zero attached hydrogens (tertiary/aromatic N) is 2. The first-order valence-corrected chi connectivity index (χ1v) is 13.2. The Morgan fingerprint density at radius 3 is 2.51 bits per heavy atom. The van der Waals surface area contributed by atoms with Crippen LogP contribution in [0, 0.1) is 0 Å². The molecule has 35 heavy (non-hydrogen) atoms. The smallest absolute Gasteiger partial charge is 0.270 e. The molecule has 0 unspecified atom stereocenters. The first-order chi connectivity index (χ1) is 17.1. The summed E-state index contributed by atoms with van der Waals surface area (Å²) in [4.78, 5) is 35.7. The third kappa shape index (κ3) is 4.48. The molecule has 1 aliphatic heterocycles. The SMILES string of the molecule is O=C(NC1Cc2ccccc2C1)c1csc(C2CCN(C(=O)Cc3c[nH]c4ccccc34)CC2)n1. The number of thiazole rings is 1. The highest BCUT2D eigenvalue weighted by atomic mass is 32.1. The van der Waals surface area contributed by atoms with Crippen molar-refractivity contribution in [3.8, 4) is 0 Å². The van der Waals surface area contributed by atoms with E-state index in [2.05, 4.69) is 45.6 Å². The van der Waals surface area contributed by atoms with Gasteiger partial charge < -0.3 is 15.2 Å². The number of aromatic nitrogens is 2. The van der Waals surface area contributed by atoms with Crippen molar-refractivity contribution in [3.05, 3.63) is 87.5 Å². The number of carbonyl (C=O) groups is 2. The zero-order valence-corrected chi connectivity index (χ0v) is 20.3. The predicted octanol–water partition coefficient (Wildman–Crippen LogP) is 4.47. The minimum absolute atomic E-state index is 0.0864. The number of piperidine rings is 1. The molecule has 0 radical (unpaired) electrons. The molecule has 178 valence electrons. The molecule has 6 rings (SSSR count). The van der Waals surface area contributed by atoms with E-state index < -0.39 is 0 Å². The number of hydrogen-bond acceptors (Lipinski definition) is 4. The summed E-state index contributed by atoms with van der Waals surface area (Å²) in [6.45, 7) is 1.46. The standard InChI is InChI=1S/C28H28N4O2S/c33-26(15-21-16-29-24-8-4-3-7-23(21)24)32-11-9-18(10-12-32)28-31-25(17-35-28)27(34)30-22-13-19-5-1-2-6-20(19)14-22/h1-8,16-18,22,29H,9-15H2,(H,30,34). The van der Waals surface area contributed by atoms with Crippen LogP contribution in [0.3, 0.4) is 0 Å². The Balaban J connectivity index is 1.02. The first kappa shape index (κ1) is 22.0. The van der Waals surface area contributed by atoms with Gasteiger partial charge in [0.05, 0.1) is 11.4 Å². The number of H-pyrrole nitrogens is 1. The molecule has 1 fully saturated rings. The van der Waals surface area contributed by atoms with Crippen molar-refractivity contribution >= 4 is 34.1 Å². The number of aromatic amines is 1. The Kier molecular flexibility index (Phi) is 5.86. The van der Waals surface area contributed by atoms with Crippen LogP contribution in [0.2, 0.25) is 0 Å². The molecule has 2 N–H and O–H groups in total. The molecular formula is C28H28N4O2S. The zero-order chi connectivity index (χ0) is 23.8. The summed E-state index contributed by atoms with van der Waals surface area (Å²) < 4.78 is 0. The molecule has 6 nitrogen and oxygen atoms in total. The van der Waals surface area contributed by atoms with Crippen molar-refractivity contribution in [1.82, 2.24) is 20.2 Å². The van der Waals surface area contributed by atoms with Crippen LogP contribution in [-0.4, -0.2) is 45.8 Å². The van der Waals surface area contributed by atoms with Crippen molar-refractivity contribution < 1.29 is 9.59 Å². The van der Waals surface area contributed by atoms with Crippen LogP contribution in [-0.2, 0) is 24.1 Å². The summed E-state index contributed by atoms with van der Waals surface area (Å²) in [6, 6.07) is 16.6. The number of fused-ring (bicyclic) bond motifs is 2. The van der Waals surface area contributed by atoms with Crippen molar-refractivity contribution in [2.75, 3.05) is 13.1 Å². The fraction of sp³-hybridized carbons (Fsp3) is 0.321. The number of nitrogens with one attached hydrogen (secondary N) is 2. The largest absolute Gasteiger partial charge is 0.361 e. The van der Waals surface area contributed by atoms with Gasteiger partial charge in [0, 0.05) is 47.5 Å². The average Bonchev–Trinajstić information content (AvgIpc) is 3.62. The maximum Gasteiger partial charge on any atom is 0.270 e. The fourth-order valence-corrected chi connectivity index (χ4v) is 6.40. The summed E-state index contributed by atoms with van der Waals surface area (Å²) in [5.74, 6) is 0.385. The monoisotopic (exact) mass is 484 g/mol. The van der Waals surface area contributed by atoms with Crippen molar-refractivity contribution in [1.29, 1.82) is 0 Å². The number of hydrogen-bond donors (Lipinski definition) is 2. The van der Waals surface area contributed by atoms with E-state index in [0.717, 1.165) is 60.2 Å². The van der Waals surface area contributed by atoms with E-state index in [9.17, 15) is 9.59 Å². The van der Waals surface area contributed by atoms with E-state index >= 15 is 0 Å². The third-order valence-corrected chi connectivity index (χ3v) is 8.36. The second-order valence-electron chi connectivity index (χ2n) is 9.61.